The quantitative estimate of drug-likeness (QED) is 0.0992. The average Bonchev–Trinajstić information content (AvgIpc) is 3.09. The Morgan fingerprint density at radius 1 is 1.06 bits per heavy atom. The smallest absolute Gasteiger partial charge is 0.306 e. The van der Waals surface area contributed by atoms with Gasteiger partial charge in [-0.2, -0.15) is 0 Å². The number of piperidine rings is 1. The van der Waals surface area contributed by atoms with Crippen LogP contribution in [0.25, 0.3) is 0 Å². The van der Waals surface area contributed by atoms with Gasteiger partial charge in [-0.05, 0) is 81.7 Å². The zero-order valence-corrected chi connectivity index (χ0v) is 28.7. The van der Waals surface area contributed by atoms with Crippen molar-refractivity contribution in [1.82, 2.24) is 5.32 Å². The highest BCUT2D eigenvalue weighted by atomic mass is 17.0. The highest BCUT2D eigenvalue weighted by Crippen LogP contribution is 2.34. The summed E-state index contributed by atoms with van der Waals surface area (Å²) < 4.78 is 36.7. The van der Waals surface area contributed by atoms with Crippen LogP contribution >= 0.6 is 0 Å². The van der Waals surface area contributed by atoms with E-state index < -0.39 is 23.4 Å². The first-order valence-electron chi connectivity index (χ1n) is 17.6. The van der Waals surface area contributed by atoms with Crippen molar-refractivity contribution >= 4 is 11.7 Å². The topological polar surface area (TPSA) is 140 Å². The van der Waals surface area contributed by atoms with Crippen molar-refractivity contribution in [3.8, 4) is 11.5 Å². The van der Waals surface area contributed by atoms with Gasteiger partial charge in [0.25, 0.3) is 5.09 Å². The number of ether oxygens (including phenoxy) is 6. The van der Waals surface area contributed by atoms with E-state index in [4.69, 9.17) is 28.4 Å². The van der Waals surface area contributed by atoms with Crippen molar-refractivity contribution in [1.29, 1.82) is 0 Å². The zero-order chi connectivity index (χ0) is 34.4. The Kier molecular flexibility index (Phi) is 14.2. The second-order valence-corrected chi connectivity index (χ2v) is 13.0. The summed E-state index contributed by atoms with van der Waals surface area (Å²) in [6.45, 7) is 6.01. The van der Waals surface area contributed by atoms with Crippen LogP contribution in [0.1, 0.15) is 63.9 Å². The minimum absolute atomic E-state index is 0.0206. The number of benzene rings is 2. The van der Waals surface area contributed by atoms with Gasteiger partial charge in [-0.15, -0.1) is 10.1 Å². The van der Waals surface area contributed by atoms with E-state index in [-0.39, 0.29) is 30.7 Å². The van der Waals surface area contributed by atoms with Gasteiger partial charge < -0.3 is 43.5 Å². The lowest BCUT2D eigenvalue weighted by molar-refractivity contribution is -0.767. The third kappa shape index (κ3) is 11.4. The van der Waals surface area contributed by atoms with Gasteiger partial charge in [0.1, 0.15) is 42.5 Å². The number of esters is 1. The molecule has 2 aromatic rings. The lowest BCUT2D eigenvalue weighted by atomic mass is 9.93. The van der Waals surface area contributed by atoms with Crippen molar-refractivity contribution < 1.29 is 43.1 Å². The molecule has 3 aliphatic rings. The predicted octanol–water partition coefficient (Wildman–Crippen LogP) is 4.86. The molecule has 5 rings (SSSR count). The van der Waals surface area contributed by atoms with Crippen LogP contribution in [0.5, 0.6) is 11.5 Å². The normalized spacial score (nSPS) is 24.3. The molecular formula is C36H51N3O10. The first-order chi connectivity index (χ1) is 23.9. The number of para-hydroxylation sites is 1. The molecule has 0 aromatic heterocycles. The molecule has 0 bridgehead atoms. The molecule has 1 saturated carbocycles. The number of hydrogen-bond donors (Lipinski definition) is 1. The van der Waals surface area contributed by atoms with Gasteiger partial charge in [-0.3, -0.25) is 4.79 Å². The Morgan fingerprint density at radius 3 is 2.61 bits per heavy atom. The molecule has 1 N–H and O–H groups in total. The van der Waals surface area contributed by atoms with Crippen molar-refractivity contribution in [2.75, 3.05) is 51.4 Å². The van der Waals surface area contributed by atoms with E-state index in [0.717, 1.165) is 67.9 Å². The molecule has 2 fully saturated rings. The Bertz CT molecular complexity index is 1310. The van der Waals surface area contributed by atoms with Gasteiger partial charge in [0, 0.05) is 39.8 Å². The van der Waals surface area contributed by atoms with Crippen LogP contribution in [0, 0.1) is 10.1 Å². The molecule has 2 aliphatic heterocycles. The van der Waals surface area contributed by atoms with Crippen molar-refractivity contribution in [3.63, 3.8) is 0 Å². The number of nitrogens with zero attached hydrogens (tertiary/aromatic N) is 2. The third-order valence-corrected chi connectivity index (χ3v) is 9.20. The van der Waals surface area contributed by atoms with E-state index in [1.54, 1.807) is 14.0 Å². The van der Waals surface area contributed by atoms with Gasteiger partial charge in [0.2, 0.25) is 0 Å². The number of rotatable bonds is 18. The van der Waals surface area contributed by atoms with Crippen LogP contribution in [-0.4, -0.2) is 94.2 Å². The van der Waals surface area contributed by atoms with E-state index in [2.05, 4.69) is 21.1 Å². The molecule has 2 heterocycles. The second kappa shape index (κ2) is 18.9. The predicted molar refractivity (Wildman–Crippen MR) is 181 cm³/mol. The molecule has 0 amide bonds. The van der Waals surface area contributed by atoms with E-state index in [0.29, 0.717) is 45.8 Å². The molecule has 0 spiro atoms. The molecule has 4 unspecified atom stereocenters. The number of anilines is 1. The highest BCUT2D eigenvalue weighted by Gasteiger charge is 2.40. The van der Waals surface area contributed by atoms with Crippen LogP contribution in [0.3, 0.4) is 0 Å². The molecule has 270 valence electrons. The van der Waals surface area contributed by atoms with Crippen molar-refractivity contribution in [3.05, 3.63) is 64.2 Å². The molecule has 1 aliphatic carbocycles. The van der Waals surface area contributed by atoms with Crippen LogP contribution < -0.4 is 19.7 Å². The summed E-state index contributed by atoms with van der Waals surface area (Å²) in [6.07, 6.45) is 3.35. The van der Waals surface area contributed by atoms with Gasteiger partial charge in [-0.25, -0.2) is 0 Å². The summed E-state index contributed by atoms with van der Waals surface area (Å²) in [4.78, 5) is 30.5. The maximum absolute atomic E-state index is 13.0. The zero-order valence-electron chi connectivity index (χ0n) is 28.7. The average molecular weight is 686 g/mol. The minimum atomic E-state index is -0.809. The van der Waals surface area contributed by atoms with Gasteiger partial charge in [0.15, 0.2) is 0 Å². The second-order valence-electron chi connectivity index (χ2n) is 13.0. The minimum Gasteiger partial charge on any atom is -0.490 e. The van der Waals surface area contributed by atoms with Crippen molar-refractivity contribution in [2.45, 2.75) is 102 Å². The maximum Gasteiger partial charge on any atom is 0.306 e. The molecular weight excluding hydrogens is 634 g/mol. The fourth-order valence-corrected chi connectivity index (χ4v) is 6.68. The number of carbonyl (C=O) groups is 1. The van der Waals surface area contributed by atoms with Gasteiger partial charge in [-0.1, -0.05) is 24.3 Å². The monoisotopic (exact) mass is 685 g/mol. The Labute approximate surface area is 288 Å². The van der Waals surface area contributed by atoms with E-state index in [9.17, 15) is 14.9 Å². The third-order valence-electron chi connectivity index (χ3n) is 9.20. The largest absolute Gasteiger partial charge is 0.490 e. The number of methoxy groups -OCH3 is 1. The summed E-state index contributed by atoms with van der Waals surface area (Å²) in [5.74, 6) is 1.36. The lowest BCUT2D eigenvalue weighted by Gasteiger charge is -2.41. The summed E-state index contributed by atoms with van der Waals surface area (Å²) in [7, 11) is 1.72. The van der Waals surface area contributed by atoms with Gasteiger partial charge >= 0.3 is 5.97 Å². The van der Waals surface area contributed by atoms with Gasteiger partial charge in [0.05, 0.1) is 31.0 Å². The van der Waals surface area contributed by atoms with Crippen LogP contribution in [0.2, 0.25) is 0 Å². The molecule has 1 saturated heterocycles. The fourth-order valence-electron chi connectivity index (χ4n) is 6.68. The SMILES string of the molecule is COCCCN1CCOc2ccc(COC3CNCC(OC(=O)CCCC(C)O[N+](=O)[O-])C3OC3CCC(Oc4ccccc4)CC3)cc21. The van der Waals surface area contributed by atoms with E-state index in [1.807, 2.05) is 42.5 Å². The first-order valence-corrected chi connectivity index (χ1v) is 17.6. The summed E-state index contributed by atoms with van der Waals surface area (Å²) >= 11 is 0. The van der Waals surface area contributed by atoms with E-state index >= 15 is 0 Å². The first kappa shape index (κ1) is 36.6. The van der Waals surface area contributed by atoms with Crippen LogP contribution in [0.15, 0.2) is 48.5 Å². The number of carbonyl (C=O) groups excluding carboxylic acids is 1. The number of fused-ring (bicyclic) bond motifs is 1. The summed E-state index contributed by atoms with van der Waals surface area (Å²) in [5.41, 5.74) is 2.07. The molecule has 49 heavy (non-hydrogen) atoms. The summed E-state index contributed by atoms with van der Waals surface area (Å²) in [5, 5.41) is 13.2. The molecule has 4 atom stereocenters. The lowest BCUT2D eigenvalue weighted by Crippen LogP contribution is -2.58. The Balaban J connectivity index is 1.21. The molecule has 13 nitrogen and oxygen atoms in total. The van der Waals surface area contributed by atoms with E-state index in [1.165, 1.54) is 0 Å². The number of hydrogen-bond acceptors (Lipinski definition) is 12. The Hall–Kier alpha value is -3.65. The Morgan fingerprint density at radius 2 is 1.84 bits per heavy atom. The molecule has 2 aromatic carbocycles. The molecule has 13 heteroatoms. The fraction of sp³-hybridized carbons (Fsp3) is 0.639. The van der Waals surface area contributed by atoms with Crippen LogP contribution in [-0.2, 0) is 35.2 Å². The summed E-state index contributed by atoms with van der Waals surface area (Å²) in [6, 6.07) is 16.0. The maximum atomic E-state index is 13.0. The number of nitrogens with one attached hydrogen (secondary N) is 1. The molecule has 0 radical (unpaired) electrons. The van der Waals surface area contributed by atoms with Crippen molar-refractivity contribution in [2.24, 2.45) is 0 Å². The van der Waals surface area contributed by atoms with Crippen LogP contribution in [0.4, 0.5) is 5.69 Å². The highest BCUT2D eigenvalue weighted by molar-refractivity contribution is 5.69. The standard InChI is InChI=1S/C36H51N3O10/c1-26(49-39(41)42)8-6-11-35(40)48-34-24-37-23-33(36(34)47-30-15-13-29(14-16-30)46-28-9-4-3-5-10-28)45-25-27-12-17-32-31(22-27)38(19-21-44-32)18-7-20-43-2/h3-5,9-10,12,17,22,26,29-30,33-34,36-37H,6-8,11,13-16,18-21,23-25H2,1-2H3.